The molecule has 1 N–H and O–H groups in total. The van der Waals surface area contributed by atoms with Gasteiger partial charge in [-0.05, 0) is 54.0 Å². The van der Waals surface area contributed by atoms with Gasteiger partial charge in [0.1, 0.15) is 0 Å². The Morgan fingerprint density at radius 2 is 1.76 bits per heavy atom. The van der Waals surface area contributed by atoms with E-state index in [2.05, 4.69) is 16.0 Å². The fourth-order valence-electron chi connectivity index (χ4n) is 4.57. The van der Waals surface area contributed by atoms with Crippen molar-refractivity contribution in [3.8, 4) is 0 Å². The van der Waals surface area contributed by atoms with Crippen LogP contribution in [-0.4, -0.2) is 25.7 Å². The molecule has 0 spiro atoms. The number of aromatic nitrogens is 3. The lowest BCUT2D eigenvalue weighted by atomic mass is 9.92. The van der Waals surface area contributed by atoms with E-state index in [0.29, 0.717) is 5.39 Å². The van der Waals surface area contributed by atoms with Gasteiger partial charge >= 0.3 is 0 Å². The van der Waals surface area contributed by atoms with Gasteiger partial charge in [0.15, 0.2) is 0 Å². The van der Waals surface area contributed by atoms with Crippen LogP contribution in [-0.2, 0) is 6.42 Å². The highest BCUT2D eigenvalue weighted by atomic mass is 16.3. The molecule has 0 aliphatic heterocycles. The molecule has 5 heteroatoms. The Hall–Kier alpha value is -3.05. The van der Waals surface area contributed by atoms with Crippen LogP contribution in [0.3, 0.4) is 0 Å². The van der Waals surface area contributed by atoms with E-state index in [0.717, 1.165) is 59.5 Å². The Labute approximate surface area is 168 Å². The maximum Gasteiger partial charge on any atom is 0.261 e. The fraction of sp³-hybridized carbons (Fsp3) is 0.292. The van der Waals surface area contributed by atoms with Crippen LogP contribution < -0.4 is 5.56 Å². The quantitative estimate of drug-likeness (QED) is 0.541. The first-order valence-electron chi connectivity index (χ1n) is 10.2. The number of hydrogen-bond donors (Lipinski definition) is 1. The van der Waals surface area contributed by atoms with Gasteiger partial charge in [-0.1, -0.05) is 37.1 Å². The molecule has 2 aromatic heterocycles. The van der Waals surface area contributed by atoms with Crippen molar-refractivity contribution >= 4 is 21.7 Å². The highest BCUT2D eigenvalue weighted by molar-refractivity contribution is 6.06. The molecule has 0 bridgehead atoms. The third-order valence-electron chi connectivity index (χ3n) is 6.07. The van der Waals surface area contributed by atoms with Gasteiger partial charge in [-0.2, -0.15) is 0 Å². The van der Waals surface area contributed by atoms with Crippen molar-refractivity contribution in [2.75, 3.05) is 0 Å². The summed E-state index contributed by atoms with van der Waals surface area (Å²) >= 11 is 0. The van der Waals surface area contributed by atoms with Gasteiger partial charge in [0, 0.05) is 17.8 Å². The average Bonchev–Trinajstić information content (AvgIpc) is 2.76. The lowest BCUT2D eigenvalue weighted by Crippen LogP contribution is -2.34. The number of rotatable bonds is 3. The number of pyridine rings is 1. The van der Waals surface area contributed by atoms with Crippen molar-refractivity contribution in [3.63, 3.8) is 0 Å². The van der Waals surface area contributed by atoms with E-state index < -0.39 is 6.10 Å². The summed E-state index contributed by atoms with van der Waals surface area (Å²) in [6.07, 6.45) is 9.02. The predicted molar refractivity (Wildman–Crippen MR) is 114 cm³/mol. The van der Waals surface area contributed by atoms with Crippen LogP contribution in [0.4, 0.5) is 0 Å². The summed E-state index contributed by atoms with van der Waals surface area (Å²) in [5.74, 6) is 0. The summed E-state index contributed by atoms with van der Waals surface area (Å²) in [6.45, 7) is 0. The minimum absolute atomic E-state index is 0.0670. The minimum atomic E-state index is -0.488. The van der Waals surface area contributed by atoms with Gasteiger partial charge in [0.05, 0.1) is 29.4 Å². The minimum Gasteiger partial charge on any atom is -0.391 e. The van der Waals surface area contributed by atoms with Crippen molar-refractivity contribution in [1.82, 2.24) is 14.5 Å². The molecule has 1 fully saturated rings. The van der Waals surface area contributed by atoms with Crippen molar-refractivity contribution in [1.29, 1.82) is 0 Å². The van der Waals surface area contributed by atoms with Gasteiger partial charge in [-0.15, -0.1) is 0 Å². The summed E-state index contributed by atoms with van der Waals surface area (Å²) < 4.78 is 1.65. The smallest absolute Gasteiger partial charge is 0.261 e. The van der Waals surface area contributed by atoms with E-state index in [1.54, 1.807) is 23.3 Å². The van der Waals surface area contributed by atoms with Crippen molar-refractivity contribution in [3.05, 3.63) is 82.7 Å². The summed E-state index contributed by atoms with van der Waals surface area (Å²) in [5.41, 5.74) is 2.91. The Kier molecular flexibility index (Phi) is 4.60. The van der Waals surface area contributed by atoms with Crippen LogP contribution >= 0.6 is 0 Å². The molecule has 1 aliphatic carbocycles. The van der Waals surface area contributed by atoms with Gasteiger partial charge in [-0.25, -0.2) is 4.98 Å². The maximum absolute atomic E-state index is 13.4. The first-order chi connectivity index (χ1) is 14.2. The molecule has 0 saturated heterocycles. The van der Waals surface area contributed by atoms with Crippen LogP contribution in [0.25, 0.3) is 21.7 Å². The molecule has 0 unspecified atom stereocenters. The second-order valence-electron chi connectivity index (χ2n) is 7.89. The summed E-state index contributed by atoms with van der Waals surface area (Å²) in [5, 5.41) is 13.2. The van der Waals surface area contributed by atoms with Crippen molar-refractivity contribution in [2.45, 2.75) is 44.2 Å². The molecule has 1 aliphatic rings. The molecule has 2 atom stereocenters. The third kappa shape index (κ3) is 3.21. The van der Waals surface area contributed by atoms with E-state index in [1.165, 1.54) is 0 Å². The number of fused-ring (bicyclic) bond motifs is 3. The summed E-state index contributed by atoms with van der Waals surface area (Å²) in [4.78, 5) is 22.2. The highest BCUT2D eigenvalue weighted by Gasteiger charge is 2.26. The monoisotopic (exact) mass is 385 g/mol. The number of nitrogens with zero attached hydrogens (tertiary/aromatic N) is 3. The Bertz CT molecular complexity index is 1230. The molecule has 5 rings (SSSR count). The van der Waals surface area contributed by atoms with E-state index in [-0.39, 0.29) is 11.6 Å². The van der Waals surface area contributed by atoms with Crippen LogP contribution in [0.2, 0.25) is 0 Å². The molecule has 5 nitrogen and oxygen atoms in total. The van der Waals surface area contributed by atoms with E-state index >= 15 is 0 Å². The third-order valence-corrected chi connectivity index (χ3v) is 6.07. The number of hydrogen-bond acceptors (Lipinski definition) is 4. The van der Waals surface area contributed by atoms with Crippen LogP contribution in [0, 0.1) is 0 Å². The highest BCUT2D eigenvalue weighted by Crippen LogP contribution is 2.30. The second kappa shape index (κ2) is 7.41. The Balaban J connectivity index is 1.72. The first-order valence-corrected chi connectivity index (χ1v) is 10.2. The maximum atomic E-state index is 13.4. The predicted octanol–water partition coefficient (Wildman–Crippen LogP) is 4.01. The zero-order valence-electron chi connectivity index (χ0n) is 16.2. The molecule has 146 valence electrons. The normalized spacial score (nSPS) is 19.6. The number of benzene rings is 2. The first kappa shape index (κ1) is 18.0. The molecule has 2 aromatic carbocycles. The van der Waals surface area contributed by atoms with E-state index in [1.807, 2.05) is 36.4 Å². The lowest BCUT2D eigenvalue weighted by Gasteiger charge is -2.29. The zero-order chi connectivity index (χ0) is 19.8. The summed E-state index contributed by atoms with van der Waals surface area (Å²) in [7, 11) is 0. The van der Waals surface area contributed by atoms with Gasteiger partial charge < -0.3 is 5.11 Å². The van der Waals surface area contributed by atoms with Gasteiger partial charge in [0.2, 0.25) is 0 Å². The molecular weight excluding hydrogens is 362 g/mol. The Morgan fingerprint density at radius 3 is 2.55 bits per heavy atom. The topological polar surface area (TPSA) is 68.0 Å². The van der Waals surface area contributed by atoms with E-state index in [9.17, 15) is 9.90 Å². The molecule has 1 saturated carbocycles. The molecule has 29 heavy (non-hydrogen) atoms. The molecule has 2 heterocycles. The van der Waals surface area contributed by atoms with Crippen molar-refractivity contribution in [2.24, 2.45) is 0 Å². The van der Waals surface area contributed by atoms with E-state index in [4.69, 9.17) is 0 Å². The summed E-state index contributed by atoms with van der Waals surface area (Å²) in [6, 6.07) is 13.9. The standard InChI is InChI=1S/C24H23N3O2/c28-22-8-4-3-7-21(22)27-15-26-23-19-6-2-1-5-18(19)17(14-20(23)24(27)29)13-16-9-11-25-12-10-16/h1-2,5-6,9-12,14-15,21-22,28H,3-4,7-8,13H2/t21-,22-/m0/s1. The molecule has 0 amide bonds. The number of aliphatic hydroxyl groups is 1. The van der Waals surface area contributed by atoms with Crippen LogP contribution in [0.5, 0.6) is 0 Å². The largest absolute Gasteiger partial charge is 0.391 e. The number of aliphatic hydroxyl groups excluding tert-OH is 1. The second-order valence-corrected chi connectivity index (χ2v) is 7.89. The average molecular weight is 385 g/mol. The Morgan fingerprint density at radius 1 is 1.00 bits per heavy atom. The SMILES string of the molecule is O=c1c2cc(Cc3ccncc3)c3ccccc3c2ncn1[C@H]1CCCC[C@@H]1O. The molecule has 4 aromatic rings. The molecule has 0 radical (unpaired) electrons. The van der Waals surface area contributed by atoms with Gasteiger partial charge in [0.25, 0.3) is 5.56 Å². The van der Waals surface area contributed by atoms with Crippen LogP contribution in [0.1, 0.15) is 42.9 Å². The molecular formula is C24H23N3O2. The van der Waals surface area contributed by atoms with Crippen molar-refractivity contribution < 1.29 is 5.11 Å². The van der Waals surface area contributed by atoms with Crippen LogP contribution in [0.15, 0.2) is 66.0 Å². The fourth-order valence-corrected chi connectivity index (χ4v) is 4.57. The zero-order valence-corrected chi connectivity index (χ0v) is 16.2. The lowest BCUT2D eigenvalue weighted by molar-refractivity contribution is 0.0735. The van der Waals surface area contributed by atoms with Gasteiger partial charge in [-0.3, -0.25) is 14.3 Å².